The molecule has 0 fully saturated rings. The van der Waals surface area contributed by atoms with E-state index in [1.165, 1.54) is 0 Å². The van der Waals surface area contributed by atoms with Crippen LogP contribution in [-0.4, -0.2) is 5.11 Å². The molecule has 0 amide bonds. The van der Waals surface area contributed by atoms with Crippen LogP contribution in [-0.2, 0) is 0 Å². The predicted molar refractivity (Wildman–Crippen MR) is 45.0 cm³/mol. The number of hydrogen-bond acceptors (Lipinski definition) is 1. The molecule has 1 heteroatoms. The second kappa shape index (κ2) is 4.86. The topological polar surface area (TPSA) is 20.2 Å². The number of rotatable bonds is 3. The molecule has 0 rings (SSSR count). The van der Waals surface area contributed by atoms with E-state index in [-0.39, 0.29) is 0 Å². The van der Waals surface area contributed by atoms with E-state index in [9.17, 15) is 0 Å². The van der Waals surface area contributed by atoms with Crippen LogP contribution in [0.15, 0.2) is 36.1 Å². The molecule has 0 aliphatic rings. The Morgan fingerprint density at radius 2 is 2.20 bits per heavy atom. The Labute approximate surface area is 62.4 Å². The summed E-state index contributed by atoms with van der Waals surface area (Å²) in [5.41, 5.74) is 2.03. The van der Waals surface area contributed by atoms with Gasteiger partial charge < -0.3 is 5.11 Å². The van der Waals surface area contributed by atoms with Crippen LogP contribution >= 0.6 is 0 Å². The minimum Gasteiger partial charge on any atom is -0.515 e. The Morgan fingerprint density at radius 3 is 2.50 bits per heavy atom. The molecule has 0 saturated heterocycles. The first-order valence-corrected chi connectivity index (χ1v) is 3.39. The number of hydrogen-bond donors (Lipinski definition) is 1. The summed E-state index contributed by atoms with van der Waals surface area (Å²) in [7, 11) is 0. The minimum atomic E-state index is 0.905. The summed E-state index contributed by atoms with van der Waals surface area (Å²) in [5.74, 6) is 0. The highest BCUT2D eigenvalue weighted by Gasteiger charge is 1.93. The van der Waals surface area contributed by atoms with Crippen molar-refractivity contribution in [3.63, 3.8) is 0 Å². The molecule has 0 aromatic rings. The van der Waals surface area contributed by atoms with Gasteiger partial charge in [-0.3, -0.25) is 0 Å². The van der Waals surface area contributed by atoms with Crippen LogP contribution in [0.5, 0.6) is 0 Å². The third kappa shape index (κ3) is 2.53. The van der Waals surface area contributed by atoms with Crippen LogP contribution in [0.4, 0.5) is 0 Å². The van der Waals surface area contributed by atoms with Gasteiger partial charge in [-0.25, -0.2) is 0 Å². The molecular formula is C9H14O. The lowest BCUT2D eigenvalue weighted by Gasteiger charge is -2.00. The van der Waals surface area contributed by atoms with Gasteiger partial charge in [0.15, 0.2) is 0 Å². The van der Waals surface area contributed by atoms with Crippen LogP contribution in [0.25, 0.3) is 0 Å². The maximum Gasteiger partial charge on any atom is 0.0823 e. The highest BCUT2D eigenvalue weighted by atomic mass is 16.2. The van der Waals surface area contributed by atoms with Gasteiger partial charge >= 0.3 is 0 Å². The van der Waals surface area contributed by atoms with E-state index in [0.29, 0.717) is 0 Å². The molecule has 0 aromatic heterocycles. The van der Waals surface area contributed by atoms with Gasteiger partial charge in [-0.15, -0.1) is 0 Å². The highest BCUT2D eigenvalue weighted by Crippen LogP contribution is 2.11. The van der Waals surface area contributed by atoms with Crippen LogP contribution < -0.4 is 0 Å². The first kappa shape index (κ1) is 9.02. The zero-order valence-corrected chi connectivity index (χ0v) is 6.59. The summed E-state index contributed by atoms with van der Waals surface area (Å²) in [5, 5.41) is 8.63. The van der Waals surface area contributed by atoms with Gasteiger partial charge in [0, 0.05) is 0 Å². The molecule has 56 valence electrons. The Balaban J connectivity index is 4.35. The van der Waals surface area contributed by atoms with Gasteiger partial charge in [0.2, 0.25) is 0 Å². The fraction of sp³-hybridized carbons (Fsp3) is 0.333. The van der Waals surface area contributed by atoms with Gasteiger partial charge in [-0.1, -0.05) is 25.7 Å². The maximum atomic E-state index is 8.63. The lowest BCUT2D eigenvalue weighted by molar-refractivity contribution is 0.468. The molecule has 0 aliphatic carbocycles. The number of aliphatic hydroxyl groups excluding tert-OH is 1. The summed E-state index contributed by atoms with van der Waals surface area (Å²) in [6.07, 6.45) is 5.68. The van der Waals surface area contributed by atoms with Crippen molar-refractivity contribution >= 4 is 0 Å². The van der Waals surface area contributed by atoms with Crippen molar-refractivity contribution in [1.29, 1.82) is 0 Å². The van der Waals surface area contributed by atoms with Gasteiger partial charge in [0.25, 0.3) is 0 Å². The second-order valence-electron chi connectivity index (χ2n) is 2.09. The van der Waals surface area contributed by atoms with E-state index < -0.39 is 0 Å². The van der Waals surface area contributed by atoms with E-state index in [1.807, 2.05) is 19.9 Å². The van der Waals surface area contributed by atoms with E-state index in [4.69, 9.17) is 5.11 Å². The molecule has 0 aliphatic heterocycles. The van der Waals surface area contributed by atoms with Crippen molar-refractivity contribution in [3.05, 3.63) is 36.1 Å². The fourth-order valence-corrected chi connectivity index (χ4v) is 0.753. The third-order valence-corrected chi connectivity index (χ3v) is 1.40. The molecule has 0 bridgehead atoms. The molecule has 1 N–H and O–H groups in total. The van der Waals surface area contributed by atoms with Crippen molar-refractivity contribution < 1.29 is 5.11 Å². The van der Waals surface area contributed by atoms with Crippen LogP contribution in [0.3, 0.4) is 0 Å². The van der Waals surface area contributed by atoms with Crippen LogP contribution in [0.1, 0.15) is 20.3 Å². The molecular weight excluding hydrogens is 124 g/mol. The average Bonchev–Trinajstić information content (AvgIpc) is 1.99. The van der Waals surface area contributed by atoms with Gasteiger partial charge in [-0.2, -0.15) is 0 Å². The Hall–Kier alpha value is -0.980. The summed E-state index contributed by atoms with van der Waals surface area (Å²) < 4.78 is 0. The fourth-order valence-electron chi connectivity index (χ4n) is 0.753. The van der Waals surface area contributed by atoms with Crippen molar-refractivity contribution in [2.45, 2.75) is 20.3 Å². The van der Waals surface area contributed by atoms with Crippen molar-refractivity contribution in [1.82, 2.24) is 0 Å². The van der Waals surface area contributed by atoms with Crippen LogP contribution in [0.2, 0.25) is 0 Å². The molecule has 0 aromatic carbocycles. The van der Waals surface area contributed by atoms with E-state index in [1.54, 1.807) is 6.08 Å². The Morgan fingerprint density at radius 1 is 1.60 bits per heavy atom. The van der Waals surface area contributed by atoms with E-state index in [0.717, 1.165) is 23.8 Å². The molecule has 0 radical (unpaired) electrons. The van der Waals surface area contributed by atoms with Crippen molar-refractivity contribution in [3.8, 4) is 0 Å². The number of allylic oxidation sites excluding steroid dienone is 4. The van der Waals surface area contributed by atoms with Gasteiger partial charge in [0.05, 0.1) is 6.26 Å². The molecule has 0 saturated carbocycles. The minimum absolute atomic E-state index is 0.905. The summed E-state index contributed by atoms with van der Waals surface area (Å²) in [6, 6.07) is 0. The average molecular weight is 138 g/mol. The molecule has 0 spiro atoms. The summed E-state index contributed by atoms with van der Waals surface area (Å²) >= 11 is 0. The predicted octanol–water partition coefficient (Wildman–Crippen LogP) is 2.97. The van der Waals surface area contributed by atoms with Crippen molar-refractivity contribution in [2.24, 2.45) is 0 Å². The Kier molecular flexibility index (Phi) is 4.38. The maximum absolute atomic E-state index is 8.63. The molecule has 0 heterocycles. The molecule has 10 heavy (non-hydrogen) atoms. The monoisotopic (exact) mass is 138 g/mol. The quantitative estimate of drug-likeness (QED) is 0.469. The lowest BCUT2D eigenvalue weighted by Crippen LogP contribution is -1.82. The zero-order valence-electron chi connectivity index (χ0n) is 6.59. The SMILES string of the molecule is C=C/C=C(CC)\C(C)=C\O. The molecule has 1 nitrogen and oxygen atoms in total. The van der Waals surface area contributed by atoms with Gasteiger partial charge in [-0.05, 0) is 24.5 Å². The molecule has 0 unspecified atom stereocenters. The third-order valence-electron chi connectivity index (χ3n) is 1.40. The molecule has 0 atom stereocenters. The first-order valence-electron chi connectivity index (χ1n) is 3.39. The van der Waals surface area contributed by atoms with Crippen molar-refractivity contribution in [2.75, 3.05) is 0 Å². The highest BCUT2D eigenvalue weighted by molar-refractivity contribution is 5.29. The Bertz CT molecular complexity index is 164. The largest absolute Gasteiger partial charge is 0.515 e. The number of aliphatic hydroxyl groups is 1. The lowest BCUT2D eigenvalue weighted by atomic mass is 10.1. The second-order valence-corrected chi connectivity index (χ2v) is 2.09. The van der Waals surface area contributed by atoms with E-state index in [2.05, 4.69) is 6.58 Å². The summed E-state index contributed by atoms with van der Waals surface area (Å²) in [4.78, 5) is 0. The van der Waals surface area contributed by atoms with Crippen LogP contribution in [0, 0.1) is 0 Å². The normalized spacial score (nSPS) is 13.4. The van der Waals surface area contributed by atoms with E-state index >= 15 is 0 Å². The summed E-state index contributed by atoms with van der Waals surface area (Å²) in [6.45, 7) is 7.50. The standard InChI is InChI=1S/C9H14O/c1-4-6-9(5-2)8(3)7-10/h4,6-7,10H,1,5H2,2-3H3/b8-7+,9-6-. The zero-order chi connectivity index (χ0) is 7.98. The smallest absolute Gasteiger partial charge is 0.0823 e. The van der Waals surface area contributed by atoms with Gasteiger partial charge in [0.1, 0.15) is 0 Å². The first-order chi connectivity index (χ1) is 4.76.